The molecule has 0 amide bonds. The Labute approximate surface area is 112 Å². The van der Waals surface area contributed by atoms with Crippen LogP contribution >= 0.6 is 23.1 Å². The number of ketones is 2. The lowest BCUT2D eigenvalue weighted by molar-refractivity contribution is -0.132. The number of halogens is 1. The van der Waals surface area contributed by atoms with Gasteiger partial charge in [-0.1, -0.05) is 21.2 Å². The van der Waals surface area contributed by atoms with Crippen molar-refractivity contribution in [2.24, 2.45) is 11.1 Å². The summed E-state index contributed by atoms with van der Waals surface area (Å²) in [4.78, 5) is 27.9. The fraction of sp³-hybridized carbons (Fsp3) is 0.500. The number of aromatic nitrogens is 2. The van der Waals surface area contributed by atoms with Crippen LogP contribution in [0.15, 0.2) is 5.16 Å². The van der Waals surface area contributed by atoms with Gasteiger partial charge < -0.3 is 4.84 Å². The van der Waals surface area contributed by atoms with Crippen molar-refractivity contribution in [2.45, 2.75) is 25.9 Å². The molecule has 8 heteroatoms. The summed E-state index contributed by atoms with van der Waals surface area (Å²) >= 11 is 6.82. The molecule has 0 radical (unpaired) electrons. The van der Waals surface area contributed by atoms with Crippen molar-refractivity contribution >= 4 is 40.9 Å². The molecule has 1 fully saturated rings. The number of rotatable bonds is 4. The molecule has 0 atom stereocenters. The first-order chi connectivity index (χ1) is 8.68. The van der Waals surface area contributed by atoms with E-state index in [1.807, 2.05) is 0 Å². The molecule has 0 N–H and O–H groups in total. The van der Waals surface area contributed by atoms with E-state index in [2.05, 4.69) is 14.7 Å². The molecule has 1 aliphatic rings. The van der Waals surface area contributed by atoms with Gasteiger partial charge in [-0.2, -0.15) is 0 Å². The summed E-state index contributed by atoms with van der Waals surface area (Å²) < 4.78 is 4.07. The highest BCUT2D eigenvalue weighted by molar-refractivity contribution is 7.10. The number of carbonyl (C=O) groups is 2. The molecule has 0 spiro atoms. The van der Waals surface area contributed by atoms with Crippen LogP contribution in [0.2, 0.25) is 4.34 Å². The predicted octanol–water partition coefficient (Wildman–Crippen LogP) is 1.63. The third-order valence-electron chi connectivity index (χ3n) is 2.54. The van der Waals surface area contributed by atoms with Crippen molar-refractivity contribution in [3.8, 4) is 0 Å². The molecule has 2 rings (SSSR count). The number of oxime groups is 1. The molecule has 1 aromatic heterocycles. The molecule has 0 saturated heterocycles. The summed E-state index contributed by atoms with van der Waals surface area (Å²) in [6, 6.07) is 0. The van der Waals surface area contributed by atoms with Gasteiger partial charge in [0.1, 0.15) is 27.5 Å². The van der Waals surface area contributed by atoms with Crippen LogP contribution in [0, 0.1) is 5.92 Å². The van der Waals surface area contributed by atoms with Gasteiger partial charge in [-0.25, -0.2) is 0 Å². The van der Waals surface area contributed by atoms with E-state index in [0.29, 0.717) is 29.3 Å². The maximum Gasteiger partial charge on any atom is 0.163 e. The number of nitrogens with zero attached hydrogens (tertiary/aromatic N) is 3. The second-order valence-electron chi connectivity index (χ2n) is 3.79. The maximum absolute atomic E-state index is 11.5. The van der Waals surface area contributed by atoms with Crippen molar-refractivity contribution in [3.63, 3.8) is 0 Å². The van der Waals surface area contributed by atoms with E-state index in [1.54, 1.807) is 0 Å². The molecule has 1 aliphatic carbocycles. The summed E-state index contributed by atoms with van der Waals surface area (Å²) in [7, 11) is 0. The second-order valence-corrected chi connectivity index (χ2v) is 5.14. The lowest BCUT2D eigenvalue weighted by Crippen LogP contribution is -2.29. The van der Waals surface area contributed by atoms with Crippen LogP contribution in [0.25, 0.3) is 0 Å². The number of hydrogen-bond acceptors (Lipinski definition) is 7. The molecule has 18 heavy (non-hydrogen) atoms. The normalized spacial score (nSPS) is 17.6. The van der Waals surface area contributed by atoms with Crippen molar-refractivity contribution < 1.29 is 14.4 Å². The van der Waals surface area contributed by atoms with Gasteiger partial charge in [0.2, 0.25) is 0 Å². The summed E-state index contributed by atoms with van der Waals surface area (Å²) in [5.41, 5.74) is 0.486. The van der Waals surface area contributed by atoms with E-state index in [-0.39, 0.29) is 18.2 Å². The minimum atomic E-state index is -0.761. The average molecular weight is 288 g/mol. The Morgan fingerprint density at radius 1 is 1.44 bits per heavy atom. The first-order valence-corrected chi connectivity index (χ1v) is 6.51. The molecule has 6 nitrogen and oxygen atoms in total. The zero-order chi connectivity index (χ0) is 13.0. The van der Waals surface area contributed by atoms with Crippen LogP contribution in [0.4, 0.5) is 0 Å². The summed E-state index contributed by atoms with van der Waals surface area (Å²) in [6.07, 6.45) is 2.72. The minimum absolute atomic E-state index is 0.0704. The molecular formula is C10H10ClN3O3S. The first-order valence-electron chi connectivity index (χ1n) is 5.36. The van der Waals surface area contributed by atoms with Gasteiger partial charge in [0.25, 0.3) is 0 Å². The van der Waals surface area contributed by atoms with Crippen molar-refractivity contribution in [2.75, 3.05) is 0 Å². The van der Waals surface area contributed by atoms with E-state index in [4.69, 9.17) is 16.4 Å². The smallest absolute Gasteiger partial charge is 0.163 e. The molecule has 1 saturated carbocycles. The quantitative estimate of drug-likeness (QED) is 0.477. The van der Waals surface area contributed by atoms with Gasteiger partial charge in [-0.15, -0.1) is 5.10 Å². The van der Waals surface area contributed by atoms with Gasteiger partial charge in [-0.3, -0.25) is 9.59 Å². The van der Waals surface area contributed by atoms with Gasteiger partial charge in [-0.05, 0) is 6.42 Å². The third-order valence-corrected chi connectivity index (χ3v) is 3.52. The molecule has 0 bridgehead atoms. The van der Waals surface area contributed by atoms with Crippen LogP contribution in [-0.2, 0) is 21.0 Å². The van der Waals surface area contributed by atoms with E-state index < -0.39 is 5.92 Å². The Kier molecular flexibility index (Phi) is 4.38. The van der Waals surface area contributed by atoms with E-state index in [1.165, 1.54) is 6.21 Å². The Morgan fingerprint density at radius 2 is 2.17 bits per heavy atom. The predicted molar refractivity (Wildman–Crippen MR) is 65.6 cm³/mol. The molecule has 0 aromatic carbocycles. The van der Waals surface area contributed by atoms with Crippen molar-refractivity contribution in [3.05, 3.63) is 10.0 Å². The standard InChI is InChI=1S/C10H10ClN3O3S/c11-10-7(13-14-18-10)5-17-12-4-6-8(15)2-1-3-9(6)16/h4,6H,1-3,5H2/b12-4+. The van der Waals surface area contributed by atoms with E-state index in [0.717, 1.165) is 11.5 Å². The van der Waals surface area contributed by atoms with Crippen LogP contribution in [0.1, 0.15) is 25.0 Å². The Morgan fingerprint density at radius 3 is 2.78 bits per heavy atom. The van der Waals surface area contributed by atoms with Crippen molar-refractivity contribution in [1.29, 1.82) is 0 Å². The SMILES string of the molecule is O=C1CCCC(=O)C1/C=N/OCc1nnsc1Cl. The molecule has 96 valence electrons. The third kappa shape index (κ3) is 3.11. The number of Topliss-reactive ketones (excluding diaryl/α,β-unsaturated/α-hetero) is 2. The number of hydrogen-bond donors (Lipinski definition) is 0. The van der Waals surface area contributed by atoms with Crippen LogP contribution in [-0.4, -0.2) is 27.4 Å². The van der Waals surface area contributed by atoms with Crippen LogP contribution in [0.5, 0.6) is 0 Å². The molecule has 0 unspecified atom stereocenters. The minimum Gasteiger partial charge on any atom is -0.389 e. The summed E-state index contributed by atoms with van der Waals surface area (Å²) in [6.45, 7) is 0.0704. The lowest BCUT2D eigenvalue weighted by atomic mass is 9.88. The van der Waals surface area contributed by atoms with E-state index >= 15 is 0 Å². The average Bonchev–Trinajstić information content (AvgIpc) is 2.73. The Balaban J connectivity index is 1.85. The molecule has 1 heterocycles. The summed E-state index contributed by atoms with van der Waals surface area (Å²) in [5, 5.41) is 7.36. The van der Waals surface area contributed by atoms with Gasteiger partial charge in [0.15, 0.2) is 6.61 Å². The Bertz CT molecular complexity index is 472. The first kappa shape index (κ1) is 13.1. The monoisotopic (exact) mass is 287 g/mol. The Hall–Kier alpha value is -1.34. The zero-order valence-corrected chi connectivity index (χ0v) is 10.9. The van der Waals surface area contributed by atoms with Crippen LogP contribution in [0.3, 0.4) is 0 Å². The van der Waals surface area contributed by atoms with Crippen molar-refractivity contribution in [1.82, 2.24) is 9.59 Å². The zero-order valence-electron chi connectivity index (χ0n) is 9.34. The summed E-state index contributed by atoms with van der Waals surface area (Å²) in [5.74, 6) is -0.971. The fourth-order valence-electron chi connectivity index (χ4n) is 1.58. The highest BCUT2D eigenvalue weighted by Gasteiger charge is 2.28. The van der Waals surface area contributed by atoms with Gasteiger partial charge >= 0.3 is 0 Å². The molecule has 1 aromatic rings. The van der Waals surface area contributed by atoms with Crippen LogP contribution < -0.4 is 0 Å². The largest absolute Gasteiger partial charge is 0.389 e. The maximum atomic E-state index is 11.5. The fourth-order valence-corrected chi connectivity index (χ4v) is 2.18. The van der Waals surface area contributed by atoms with E-state index in [9.17, 15) is 9.59 Å². The lowest BCUT2D eigenvalue weighted by Gasteiger charge is -2.14. The highest BCUT2D eigenvalue weighted by Crippen LogP contribution is 2.18. The molecular weight excluding hydrogens is 278 g/mol. The topological polar surface area (TPSA) is 81.5 Å². The van der Waals surface area contributed by atoms with Gasteiger partial charge in [0.05, 0.1) is 6.21 Å². The highest BCUT2D eigenvalue weighted by atomic mass is 35.5. The molecule has 0 aliphatic heterocycles. The number of carbonyl (C=O) groups excluding carboxylic acids is 2. The van der Waals surface area contributed by atoms with Gasteiger partial charge in [0, 0.05) is 24.4 Å². The second kappa shape index (κ2) is 6.01.